The molecule has 0 amide bonds. The van der Waals surface area contributed by atoms with Crippen LogP contribution in [0, 0.1) is 0 Å². The fraction of sp³-hybridized carbons (Fsp3) is 0.625. The van der Waals surface area contributed by atoms with Crippen molar-refractivity contribution in [2.75, 3.05) is 12.9 Å². The van der Waals surface area contributed by atoms with E-state index in [-0.39, 0.29) is 17.5 Å². The van der Waals surface area contributed by atoms with Gasteiger partial charge in [-0.2, -0.15) is 0 Å². The second kappa shape index (κ2) is 6.89. The minimum absolute atomic E-state index is 0.0455. The summed E-state index contributed by atoms with van der Waals surface area (Å²) in [5, 5.41) is 0. The van der Waals surface area contributed by atoms with Crippen LogP contribution in [0.1, 0.15) is 39.5 Å². The maximum Gasteiger partial charge on any atom is 0.178 e. The third-order valence-corrected chi connectivity index (χ3v) is 6.77. The first-order valence-electron chi connectivity index (χ1n) is 7.54. The summed E-state index contributed by atoms with van der Waals surface area (Å²) < 4.78 is 36.0. The molecule has 1 saturated carbocycles. The predicted octanol–water partition coefficient (Wildman–Crippen LogP) is 3.97. The molecule has 2 rings (SSSR count). The molecule has 4 nitrogen and oxygen atoms in total. The second-order valence-electron chi connectivity index (χ2n) is 5.97. The van der Waals surface area contributed by atoms with E-state index in [1.165, 1.54) is 0 Å². The summed E-state index contributed by atoms with van der Waals surface area (Å²) in [6, 6.07) is 4.97. The van der Waals surface area contributed by atoms with Crippen molar-refractivity contribution in [2.45, 2.75) is 56.1 Å². The fourth-order valence-electron chi connectivity index (χ4n) is 2.64. The van der Waals surface area contributed by atoms with Crippen LogP contribution in [0.25, 0.3) is 0 Å². The zero-order valence-corrected chi connectivity index (χ0v) is 15.7. The Labute approximate surface area is 141 Å². The van der Waals surface area contributed by atoms with E-state index in [1.54, 1.807) is 32.2 Å². The fourth-order valence-corrected chi connectivity index (χ4v) is 4.17. The highest BCUT2D eigenvalue weighted by atomic mass is 79.9. The summed E-state index contributed by atoms with van der Waals surface area (Å²) in [6.45, 7) is 3.77. The second-order valence-corrected chi connectivity index (χ2v) is 9.10. The summed E-state index contributed by atoms with van der Waals surface area (Å²) >= 11 is 3.42. The van der Waals surface area contributed by atoms with Gasteiger partial charge in [-0.15, -0.1) is 0 Å². The van der Waals surface area contributed by atoms with Gasteiger partial charge in [-0.3, -0.25) is 0 Å². The van der Waals surface area contributed by atoms with Gasteiger partial charge in [0.15, 0.2) is 9.84 Å². The van der Waals surface area contributed by atoms with Crippen LogP contribution in [0.15, 0.2) is 27.6 Å². The van der Waals surface area contributed by atoms with E-state index in [2.05, 4.69) is 22.9 Å². The monoisotopic (exact) mass is 390 g/mol. The maximum absolute atomic E-state index is 11.9. The smallest absolute Gasteiger partial charge is 0.178 e. The number of benzene rings is 1. The van der Waals surface area contributed by atoms with Crippen LogP contribution in [-0.4, -0.2) is 33.0 Å². The van der Waals surface area contributed by atoms with Crippen molar-refractivity contribution >= 4 is 25.8 Å². The Balaban J connectivity index is 2.06. The van der Waals surface area contributed by atoms with Gasteiger partial charge >= 0.3 is 0 Å². The first-order valence-corrected chi connectivity index (χ1v) is 9.98. The largest absolute Gasteiger partial charge is 0.489 e. The van der Waals surface area contributed by atoms with Crippen LogP contribution in [-0.2, 0) is 14.6 Å². The number of ether oxygens (including phenoxy) is 2. The molecule has 124 valence electrons. The van der Waals surface area contributed by atoms with Crippen molar-refractivity contribution in [1.82, 2.24) is 0 Å². The Morgan fingerprint density at radius 1 is 1.32 bits per heavy atom. The van der Waals surface area contributed by atoms with E-state index in [0.29, 0.717) is 15.1 Å². The van der Waals surface area contributed by atoms with Crippen LogP contribution in [0.5, 0.6) is 5.75 Å². The van der Waals surface area contributed by atoms with Crippen molar-refractivity contribution in [1.29, 1.82) is 0 Å². The molecular formula is C16H23BrO4S. The molecule has 1 fully saturated rings. The lowest BCUT2D eigenvalue weighted by atomic mass is 9.84. The van der Waals surface area contributed by atoms with Crippen molar-refractivity contribution in [2.24, 2.45) is 0 Å². The van der Waals surface area contributed by atoms with Gasteiger partial charge in [-0.1, -0.05) is 6.92 Å². The normalized spacial score (nSPS) is 25.9. The highest BCUT2D eigenvalue weighted by molar-refractivity contribution is 9.10. The SMILES string of the molecule is CCS(=O)(=O)c1ccc(O[C@H]2CC[C@@](C)(OC)CC2)c(Br)c1. The molecule has 0 spiro atoms. The first kappa shape index (κ1) is 17.8. The maximum atomic E-state index is 11.9. The first-order chi connectivity index (χ1) is 10.3. The lowest BCUT2D eigenvalue weighted by Gasteiger charge is -2.36. The Morgan fingerprint density at radius 2 is 1.95 bits per heavy atom. The molecule has 0 aromatic heterocycles. The van der Waals surface area contributed by atoms with Crippen LogP contribution >= 0.6 is 15.9 Å². The van der Waals surface area contributed by atoms with Crippen LogP contribution in [0.3, 0.4) is 0 Å². The Kier molecular flexibility index (Phi) is 5.56. The minimum Gasteiger partial charge on any atom is -0.489 e. The van der Waals surface area contributed by atoms with Crippen molar-refractivity contribution in [3.05, 3.63) is 22.7 Å². The molecule has 0 unspecified atom stereocenters. The summed E-state index contributed by atoms with van der Waals surface area (Å²) in [5.74, 6) is 0.791. The number of rotatable bonds is 5. The third kappa shape index (κ3) is 4.03. The Hall–Kier alpha value is -0.590. The van der Waals surface area contributed by atoms with Gasteiger partial charge in [0, 0.05) is 7.11 Å². The van der Waals surface area contributed by atoms with Gasteiger partial charge in [0.25, 0.3) is 0 Å². The van der Waals surface area contributed by atoms with Gasteiger partial charge in [0.1, 0.15) is 5.75 Å². The molecule has 1 aromatic rings. The molecule has 0 bridgehead atoms. The van der Waals surface area contributed by atoms with Crippen LogP contribution in [0.2, 0.25) is 0 Å². The third-order valence-electron chi connectivity index (χ3n) is 4.42. The molecule has 6 heteroatoms. The van der Waals surface area contributed by atoms with Crippen LogP contribution in [0.4, 0.5) is 0 Å². The highest BCUT2D eigenvalue weighted by Gasteiger charge is 2.32. The minimum atomic E-state index is -3.19. The molecule has 0 N–H and O–H groups in total. The molecule has 22 heavy (non-hydrogen) atoms. The molecular weight excluding hydrogens is 368 g/mol. The zero-order valence-electron chi connectivity index (χ0n) is 13.3. The van der Waals surface area contributed by atoms with E-state index in [0.717, 1.165) is 25.7 Å². The zero-order chi connectivity index (χ0) is 16.4. The van der Waals surface area contributed by atoms with Crippen molar-refractivity contribution in [3.63, 3.8) is 0 Å². The molecule has 1 aliphatic rings. The number of hydrogen-bond donors (Lipinski definition) is 0. The molecule has 0 radical (unpaired) electrons. The summed E-state index contributed by atoms with van der Waals surface area (Å²) in [6.07, 6.45) is 3.95. The van der Waals surface area contributed by atoms with E-state index < -0.39 is 9.84 Å². The number of halogens is 1. The van der Waals surface area contributed by atoms with Gasteiger partial charge in [-0.25, -0.2) is 8.42 Å². The molecule has 0 aliphatic heterocycles. The van der Waals surface area contributed by atoms with E-state index in [9.17, 15) is 8.42 Å². The van der Waals surface area contributed by atoms with E-state index in [4.69, 9.17) is 9.47 Å². The topological polar surface area (TPSA) is 52.6 Å². The summed E-state index contributed by atoms with van der Waals surface area (Å²) in [4.78, 5) is 0.324. The summed E-state index contributed by atoms with van der Waals surface area (Å²) in [7, 11) is -1.44. The van der Waals surface area contributed by atoms with Gasteiger partial charge in [-0.05, 0) is 66.7 Å². The standard InChI is InChI=1S/C16H23BrO4S/c1-4-22(18,19)13-5-6-15(14(17)11-13)21-12-7-9-16(2,20-3)10-8-12/h5-6,11-12H,4,7-10H2,1-3H3/t12-,16+. The molecule has 1 aliphatic carbocycles. The number of hydrogen-bond acceptors (Lipinski definition) is 4. The van der Waals surface area contributed by atoms with Gasteiger partial charge in [0.2, 0.25) is 0 Å². The average molecular weight is 391 g/mol. The van der Waals surface area contributed by atoms with E-state index >= 15 is 0 Å². The molecule has 0 saturated heterocycles. The number of methoxy groups -OCH3 is 1. The average Bonchev–Trinajstić information content (AvgIpc) is 2.51. The quantitative estimate of drug-likeness (QED) is 0.762. The van der Waals surface area contributed by atoms with E-state index in [1.807, 2.05) is 0 Å². The molecule has 0 heterocycles. The summed E-state index contributed by atoms with van der Waals surface area (Å²) in [5.41, 5.74) is -0.0455. The number of sulfone groups is 1. The Bertz CT molecular complexity index is 619. The van der Waals surface area contributed by atoms with Gasteiger partial charge < -0.3 is 9.47 Å². The lowest BCUT2D eigenvalue weighted by molar-refractivity contribution is -0.0458. The van der Waals surface area contributed by atoms with Crippen molar-refractivity contribution < 1.29 is 17.9 Å². The van der Waals surface area contributed by atoms with Crippen molar-refractivity contribution in [3.8, 4) is 5.75 Å². The molecule has 1 aromatic carbocycles. The molecule has 0 atom stereocenters. The van der Waals surface area contributed by atoms with Gasteiger partial charge in [0.05, 0.1) is 26.8 Å². The lowest BCUT2D eigenvalue weighted by Crippen LogP contribution is -2.36. The predicted molar refractivity (Wildman–Crippen MR) is 90.2 cm³/mol. The highest BCUT2D eigenvalue weighted by Crippen LogP contribution is 2.35. The van der Waals surface area contributed by atoms with Crippen LogP contribution < -0.4 is 4.74 Å². The Morgan fingerprint density at radius 3 is 2.45 bits per heavy atom.